The van der Waals surface area contributed by atoms with Gasteiger partial charge in [-0.1, -0.05) is 0 Å². The van der Waals surface area contributed by atoms with Gasteiger partial charge in [0.2, 0.25) is 0 Å². The van der Waals surface area contributed by atoms with Gasteiger partial charge < -0.3 is 9.84 Å². The maximum atomic E-state index is 11.7. The largest absolute Gasteiger partial charge is 0.477 e. The number of pyridine rings is 2. The van der Waals surface area contributed by atoms with Crippen molar-refractivity contribution < 1.29 is 19.4 Å². The standard InChI is InChI=1S/C13H12N4O2.C11H8N4O2/c1-3-19-13(18)12-6-11(16-17(12)2)10-5-4-9(7-14)8-15-10;1-15-10(11(16)17)4-9(14-15)8-3-2-7(5-12)6-13-8/h4-6,8H,3H2,1-2H3;2-4,6H,1H3,(H,16,17). The molecule has 4 rings (SSSR count). The van der Waals surface area contributed by atoms with Crippen molar-refractivity contribution in [2.24, 2.45) is 14.1 Å². The first-order valence-corrected chi connectivity index (χ1v) is 10.5. The lowest BCUT2D eigenvalue weighted by atomic mass is 10.2. The predicted octanol–water partition coefficient (Wildman–Crippen LogP) is 2.58. The van der Waals surface area contributed by atoms with Crippen LogP contribution in [0.5, 0.6) is 0 Å². The molecule has 0 saturated heterocycles. The number of nitrogens with zero attached hydrogens (tertiary/aromatic N) is 8. The number of carbonyl (C=O) groups is 2. The minimum absolute atomic E-state index is 0.0890. The molecule has 4 heterocycles. The molecule has 12 heteroatoms. The van der Waals surface area contributed by atoms with Crippen molar-refractivity contribution in [2.45, 2.75) is 6.92 Å². The summed E-state index contributed by atoms with van der Waals surface area (Å²) in [4.78, 5) is 30.7. The van der Waals surface area contributed by atoms with Crippen LogP contribution in [0.3, 0.4) is 0 Å². The third-order valence-electron chi connectivity index (χ3n) is 4.77. The highest BCUT2D eigenvalue weighted by atomic mass is 16.5. The molecule has 0 radical (unpaired) electrons. The van der Waals surface area contributed by atoms with E-state index in [0.717, 1.165) is 0 Å². The van der Waals surface area contributed by atoms with Crippen LogP contribution in [-0.2, 0) is 18.8 Å². The number of rotatable bonds is 5. The van der Waals surface area contributed by atoms with Crippen LogP contribution in [0.15, 0.2) is 48.8 Å². The lowest BCUT2D eigenvalue weighted by Gasteiger charge is -1.99. The van der Waals surface area contributed by atoms with E-state index in [1.54, 1.807) is 51.4 Å². The highest BCUT2D eigenvalue weighted by Crippen LogP contribution is 2.18. The van der Waals surface area contributed by atoms with E-state index < -0.39 is 11.9 Å². The molecule has 0 unspecified atom stereocenters. The maximum absolute atomic E-state index is 11.7. The summed E-state index contributed by atoms with van der Waals surface area (Å²) in [6, 6.07) is 13.6. The second-order valence-corrected chi connectivity index (χ2v) is 7.19. The molecule has 4 aromatic rings. The van der Waals surface area contributed by atoms with E-state index >= 15 is 0 Å². The fraction of sp³-hybridized carbons (Fsp3) is 0.167. The van der Waals surface area contributed by atoms with Gasteiger partial charge in [0.15, 0.2) is 0 Å². The number of carboxylic acid groups (broad SMARTS) is 1. The lowest BCUT2D eigenvalue weighted by Crippen LogP contribution is -2.10. The Morgan fingerprint density at radius 1 is 0.861 bits per heavy atom. The average Bonchev–Trinajstić information content (AvgIpc) is 3.47. The van der Waals surface area contributed by atoms with Gasteiger partial charge in [-0.25, -0.2) is 9.59 Å². The summed E-state index contributed by atoms with van der Waals surface area (Å²) in [5, 5.41) is 34.5. The number of ether oxygens (including phenoxy) is 1. The molecule has 0 spiro atoms. The number of aromatic nitrogens is 6. The third-order valence-corrected chi connectivity index (χ3v) is 4.77. The van der Waals surface area contributed by atoms with Crippen molar-refractivity contribution in [1.29, 1.82) is 10.5 Å². The number of hydrogen-bond acceptors (Lipinski definition) is 9. The van der Waals surface area contributed by atoms with Crippen LogP contribution in [0.25, 0.3) is 22.8 Å². The Hall–Kier alpha value is -5.36. The van der Waals surface area contributed by atoms with Crippen molar-refractivity contribution in [2.75, 3.05) is 6.61 Å². The Morgan fingerprint density at radius 2 is 1.33 bits per heavy atom. The third kappa shape index (κ3) is 5.76. The van der Waals surface area contributed by atoms with E-state index in [2.05, 4.69) is 20.2 Å². The molecular formula is C24H20N8O4. The highest BCUT2D eigenvalue weighted by molar-refractivity contribution is 5.89. The number of nitriles is 2. The van der Waals surface area contributed by atoms with Gasteiger partial charge in [-0.2, -0.15) is 20.7 Å². The van der Waals surface area contributed by atoms with Crippen molar-refractivity contribution >= 4 is 11.9 Å². The van der Waals surface area contributed by atoms with Gasteiger partial charge in [-0.15, -0.1) is 0 Å². The maximum Gasteiger partial charge on any atom is 0.356 e. The van der Waals surface area contributed by atoms with Crippen LogP contribution in [0.1, 0.15) is 39.0 Å². The summed E-state index contributed by atoms with van der Waals surface area (Å²) in [6.07, 6.45) is 2.89. The topological polar surface area (TPSA) is 173 Å². The molecule has 12 nitrogen and oxygen atoms in total. The second kappa shape index (κ2) is 11.2. The normalized spacial score (nSPS) is 9.92. The van der Waals surface area contributed by atoms with Gasteiger partial charge in [0.25, 0.3) is 0 Å². The van der Waals surface area contributed by atoms with Crippen LogP contribution >= 0.6 is 0 Å². The minimum Gasteiger partial charge on any atom is -0.477 e. The molecule has 4 aromatic heterocycles. The zero-order chi connectivity index (χ0) is 26.2. The number of carboxylic acids is 1. The predicted molar refractivity (Wildman–Crippen MR) is 125 cm³/mol. The Balaban J connectivity index is 0.000000202. The van der Waals surface area contributed by atoms with Crippen LogP contribution in [0, 0.1) is 22.7 Å². The molecule has 1 N–H and O–H groups in total. The van der Waals surface area contributed by atoms with Crippen molar-refractivity contribution in [3.05, 3.63) is 71.3 Å². The van der Waals surface area contributed by atoms with Gasteiger partial charge >= 0.3 is 11.9 Å². The minimum atomic E-state index is -1.04. The Labute approximate surface area is 205 Å². The van der Waals surface area contributed by atoms with E-state index in [1.807, 2.05) is 12.1 Å². The van der Waals surface area contributed by atoms with Crippen LogP contribution < -0.4 is 0 Å². The SMILES string of the molecule is CCOC(=O)c1cc(-c2ccc(C#N)cn2)nn1C.Cn1nc(-c2ccc(C#N)cn2)cc1C(=O)O. The summed E-state index contributed by atoms with van der Waals surface area (Å²) in [5.41, 5.74) is 3.55. The smallest absolute Gasteiger partial charge is 0.356 e. The summed E-state index contributed by atoms with van der Waals surface area (Å²) in [7, 11) is 3.22. The molecule has 180 valence electrons. The first-order valence-electron chi connectivity index (χ1n) is 10.5. The number of esters is 1. The fourth-order valence-corrected chi connectivity index (χ4v) is 3.00. The quantitative estimate of drug-likeness (QED) is 0.415. The summed E-state index contributed by atoms with van der Waals surface area (Å²) < 4.78 is 7.66. The molecule has 0 aliphatic carbocycles. The average molecular weight is 484 g/mol. The molecule has 0 aromatic carbocycles. The molecule has 0 saturated carbocycles. The summed E-state index contributed by atoms with van der Waals surface area (Å²) in [5.74, 6) is -1.46. The first kappa shape index (κ1) is 25.3. The van der Waals surface area contributed by atoms with E-state index in [9.17, 15) is 9.59 Å². The molecule has 0 amide bonds. The van der Waals surface area contributed by atoms with Crippen LogP contribution in [0.2, 0.25) is 0 Å². The number of aromatic carboxylic acids is 1. The van der Waals surface area contributed by atoms with E-state index in [1.165, 1.54) is 27.8 Å². The highest BCUT2D eigenvalue weighted by Gasteiger charge is 2.16. The summed E-state index contributed by atoms with van der Waals surface area (Å²) in [6.45, 7) is 2.06. The summed E-state index contributed by atoms with van der Waals surface area (Å²) >= 11 is 0. The Kier molecular flexibility index (Phi) is 7.84. The van der Waals surface area contributed by atoms with Gasteiger partial charge in [-0.3, -0.25) is 19.3 Å². The second-order valence-electron chi connectivity index (χ2n) is 7.19. The molecule has 0 bridgehead atoms. The van der Waals surface area contributed by atoms with Gasteiger partial charge in [0.05, 0.1) is 29.1 Å². The van der Waals surface area contributed by atoms with Gasteiger partial charge in [-0.05, 0) is 31.2 Å². The monoisotopic (exact) mass is 484 g/mol. The molecular weight excluding hydrogens is 464 g/mol. The molecule has 0 aliphatic heterocycles. The van der Waals surface area contributed by atoms with E-state index in [-0.39, 0.29) is 5.69 Å². The number of carbonyl (C=O) groups excluding carboxylic acids is 1. The van der Waals surface area contributed by atoms with E-state index in [0.29, 0.717) is 46.2 Å². The molecule has 0 atom stereocenters. The molecule has 36 heavy (non-hydrogen) atoms. The zero-order valence-corrected chi connectivity index (χ0v) is 19.6. The van der Waals surface area contributed by atoms with Crippen molar-refractivity contribution in [3.63, 3.8) is 0 Å². The fourth-order valence-electron chi connectivity index (χ4n) is 3.00. The Morgan fingerprint density at radius 3 is 1.69 bits per heavy atom. The molecule has 0 aliphatic rings. The van der Waals surface area contributed by atoms with Crippen LogP contribution in [-0.4, -0.2) is 53.2 Å². The molecule has 0 fully saturated rings. The van der Waals surface area contributed by atoms with Crippen molar-refractivity contribution in [1.82, 2.24) is 29.5 Å². The lowest BCUT2D eigenvalue weighted by molar-refractivity contribution is 0.0513. The number of hydrogen-bond donors (Lipinski definition) is 1. The zero-order valence-electron chi connectivity index (χ0n) is 19.6. The first-order chi connectivity index (χ1) is 17.3. The van der Waals surface area contributed by atoms with Gasteiger partial charge in [0, 0.05) is 38.6 Å². The van der Waals surface area contributed by atoms with Gasteiger partial charge in [0.1, 0.15) is 34.9 Å². The van der Waals surface area contributed by atoms with E-state index in [4.69, 9.17) is 20.4 Å². The van der Waals surface area contributed by atoms with Crippen LogP contribution in [0.4, 0.5) is 0 Å². The number of aryl methyl sites for hydroxylation is 2. The Bertz CT molecular complexity index is 1470. The van der Waals surface area contributed by atoms with Crippen molar-refractivity contribution in [3.8, 4) is 34.9 Å².